The third-order valence-corrected chi connectivity index (χ3v) is 6.22. The highest BCUT2D eigenvalue weighted by molar-refractivity contribution is 7.90. The molecular weight excluding hydrogens is 348 g/mol. The molecule has 0 bridgehead atoms. The van der Waals surface area contributed by atoms with Crippen LogP contribution in [0.3, 0.4) is 0 Å². The van der Waals surface area contributed by atoms with Crippen LogP contribution in [-0.2, 0) is 23.6 Å². The van der Waals surface area contributed by atoms with Crippen LogP contribution in [0.5, 0.6) is 0 Å². The maximum Gasteiger partial charge on any atom is 0.380 e. The Morgan fingerprint density at radius 2 is 1.65 bits per heavy atom. The predicted molar refractivity (Wildman–Crippen MR) is 77.1 cm³/mol. The molecular formula is C10H12Cl2NO5PS. The number of benzene rings is 1. The van der Waals surface area contributed by atoms with Crippen molar-refractivity contribution in [2.45, 2.75) is 4.90 Å². The largest absolute Gasteiger partial charge is 0.380 e. The van der Waals surface area contributed by atoms with E-state index in [0.29, 0.717) is 0 Å². The van der Waals surface area contributed by atoms with E-state index in [9.17, 15) is 13.0 Å². The van der Waals surface area contributed by atoms with Gasteiger partial charge in [0.05, 0.1) is 4.90 Å². The third kappa shape index (κ3) is 3.97. The molecule has 6 nitrogen and oxygen atoms in total. The molecule has 0 aliphatic carbocycles. The summed E-state index contributed by atoms with van der Waals surface area (Å²) >= 11 is 11.1. The molecule has 1 aromatic carbocycles. The van der Waals surface area contributed by atoms with Crippen molar-refractivity contribution in [2.24, 2.45) is 0 Å². The zero-order valence-corrected chi connectivity index (χ0v) is 13.8. The van der Waals surface area contributed by atoms with E-state index in [-0.39, 0.29) is 4.90 Å². The summed E-state index contributed by atoms with van der Waals surface area (Å²) in [5.41, 5.74) is -0.547. The number of halogens is 2. The molecule has 0 spiro atoms. The minimum atomic E-state index is -4.02. The van der Waals surface area contributed by atoms with Gasteiger partial charge in [-0.3, -0.25) is 9.29 Å². The average molecular weight is 360 g/mol. The average Bonchev–Trinajstić information content (AvgIpc) is 2.44. The SMILES string of the molecule is COP(=O)(OC)C(NS(=O)(=O)c1ccccc1)=C(Cl)Cl. The summed E-state index contributed by atoms with van der Waals surface area (Å²) in [6, 6.07) is 7.43. The fourth-order valence-corrected chi connectivity index (χ4v) is 4.59. The van der Waals surface area contributed by atoms with Crippen molar-refractivity contribution < 1.29 is 22.0 Å². The highest BCUT2D eigenvalue weighted by atomic mass is 35.5. The van der Waals surface area contributed by atoms with Gasteiger partial charge in [-0.05, 0) is 12.1 Å². The molecule has 0 amide bonds. The lowest BCUT2D eigenvalue weighted by Gasteiger charge is -2.18. The van der Waals surface area contributed by atoms with Crippen molar-refractivity contribution in [1.29, 1.82) is 0 Å². The Kier molecular flexibility index (Phi) is 6.06. The predicted octanol–water partition coefficient (Wildman–Crippen LogP) is 3.06. The molecule has 0 radical (unpaired) electrons. The van der Waals surface area contributed by atoms with Crippen molar-refractivity contribution in [1.82, 2.24) is 4.72 Å². The van der Waals surface area contributed by atoms with Crippen LogP contribution >= 0.6 is 30.8 Å². The molecule has 112 valence electrons. The number of hydrogen-bond acceptors (Lipinski definition) is 5. The first-order valence-corrected chi connectivity index (χ1v) is 8.90. The number of sulfonamides is 1. The van der Waals surface area contributed by atoms with E-state index in [2.05, 4.69) is 9.05 Å². The lowest BCUT2D eigenvalue weighted by Crippen LogP contribution is -2.24. The van der Waals surface area contributed by atoms with Gasteiger partial charge in [0.1, 0.15) is 4.49 Å². The Morgan fingerprint density at radius 1 is 1.15 bits per heavy atom. The van der Waals surface area contributed by atoms with E-state index in [0.717, 1.165) is 14.2 Å². The minimum absolute atomic E-state index is 0.0501. The van der Waals surface area contributed by atoms with E-state index in [1.807, 2.05) is 4.72 Å². The highest BCUT2D eigenvalue weighted by Gasteiger charge is 2.34. The fourth-order valence-electron chi connectivity index (χ4n) is 1.24. The Bertz CT molecular complexity index is 635. The summed E-state index contributed by atoms with van der Waals surface area (Å²) in [6.07, 6.45) is 0. The molecule has 0 aromatic heterocycles. The zero-order valence-electron chi connectivity index (χ0n) is 10.5. The second-order valence-electron chi connectivity index (χ2n) is 3.39. The van der Waals surface area contributed by atoms with E-state index in [1.54, 1.807) is 6.07 Å². The first-order chi connectivity index (χ1) is 9.27. The third-order valence-electron chi connectivity index (χ3n) is 2.22. The second kappa shape index (κ2) is 6.93. The van der Waals surface area contributed by atoms with E-state index < -0.39 is 27.5 Å². The second-order valence-corrected chi connectivity index (χ2v) is 8.19. The molecule has 0 unspecified atom stereocenters. The minimum Gasteiger partial charge on any atom is -0.307 e. The van der Waals surface area contributed by atoms with E-state index in [4.69, 9.17) is 23.2 Å². The Morgan fingerprint density at radius 3 is 2.05 bits per heavy atom. The van der Waals surface area contributed by atoms with Crippen LogP contribution in [0.4, 0.5) is 0 Å². The molecule has 1 N–H and O–H groups in total. The van der Waals surface area contributed by atoms with E-state index >= 15 is 0 Å². The molecule has 10 heteroatoms. The van der Waals surface area contributed by atoms with E-state index in [1.165, 1.54) is 24.3 Å². The van der Waals surface area contributed by atoms with Crippen LogP contribution in [0.2, 0.25) is 0 Å². The standard InChI is InChI=1S/C10H12Cl2NO5PS/c1-17-19(14,18-2)10(9(11)12)13-20(15,16)8-6-4-3-5-7-8/h3-7,13H,1-2H3. The van der Waals surface area contributed by atoms with Crippen LogP contribution in [0.15, 0.2) is 45.2 Å². The number of rotatable bonds is 6. The normalized spacial score (nSPS) is 12.0. The monoisotopic (exact) mass is 359 g/mol. The quantitative estimate of drug-likeness (QED) is 0.789. The maximum absolute atomic E-state index is 12.2. The van der Waals surface area contributed by atoms with Gasteiger partial charge in [-0.15, -0.1) is 0 Å². The highest BCUT2D eigenvalue weighted by Crippen LogP contribution is 2.55. The molecule has 0 aliphatic rings. The Labute approximate surface area is 127 Å². The summed E-state index contributed by atoms with van der Waals surface area (Å²) in [4.78, 5) is -0.0501. The molecule has 0 saturated carbocycles. The Balaban J connectivity index is 3.24. The van der Waals surface area contributed by atoms with Crippen molar-refractivity contribution >= 4 is 40.8 Å². The summed E-state index contributed by atoms with van der Waals surface area (Å²) < 4.78 is 47.3. The van der Waals surface area contributed by atoms with Gasteiger partial charge in [-0.1, -0.05) is 41.4 Å². The topological polar surface area (TPSA) is 81.7 Å². The smallest absolute Gasteiger partial charge is 0.307 e. The molecule has 20 heavy (non-hydrogen) atoms. The van der Waals surface area contributed by atoms with Crippen LogP contribution in [0, 0.1) is 0 Å². The van der Waals surface area contributed by atoms with Gasteiger partial charge < -0.3 is 9.05 Å². The van der Waals surface area contributed by atoms with Crippen LogP contribution in [0.1, 0.15) is 0 Å². The molecule has 0 fully saturated rings. The molecule has 1 aromatic rings. The van der Waals surface area contributed by atoms with Crippen molar-refractivity contribution in [3.8, 4) is 0 Å². The van der Waals surface area contributed by atoms with Crippen molar-refractivity contribution in [3.05, 3.63) is 40.3 Å². The Hall–Kier alpha value is -0.560. The molecule has 0 heterocycles. The van der Waals surface area contributed by atoms with Gasteiger partial charge in [0.2, 0.25) is 0 Å². The van der Waals surface area contributed by atoms with Crippen LogP contribution in [-0.4, -0.2) is 22.6 Å². The fraction of sp³-hybridized carbons (Fsp3) is 0.200. The zero-order chi connectivity index (χ0) is 15.4. The summed E-state index contributed by atoms with van der Waals surface area (Å²) in [6.45, 7) is 0. The first-order valence-electron chi connectivity index (χ1n) is 5.12. The maximum atomic E-state index is 12.2. The number of hydrogen-bond donors (Lipinski definition) is 1. The van der Waals surface area contributed by atoms with Crippen molar-refractivity contribution in [3.63, 3.8) is 0 Å². The number of nitrogens with one attached hydrogen (secondary N) is 1. The van der Waals surface area contributed by atoms with Gasteiger partial charge in [0.25, 0.3) is 10.0 Å². The summed E-state index contributed by atoms with van der Waals surface area (Å²) in [5.74, 6) is 0. The van der Waals surface area contributed by atoms with Gasteiger partial charge in [-0.25, -0.2) is 8.42 Å². The lowest BCUT2D eigenvalue weighted by atomic mass is 10.4. The lowest BCUT2D eigenvalue weighted by molar-refractivity contribution is 0.282. The van der Waals surface area contributed by atoms with Gasteiger partial charge in [-0.2, -0.15) is 0 Å². The summed E-state index contributed by atoms with van der Waals surface area (Å²) in [7, 11) is -5.79. The van der Waals surface area contributed by atoms with Crippen molar-refractivity contribution in [2.75, 3.05) is 14.2 Å². The molecule has 1 rings (SSSR count). The summed E-state index contributed by atoms with van der Waals surface area (Å²) in [5, 5.41) is 0. The first kappa shape index (κ1) is 17.5. The van der Waals surface area contributed by atoms with Gasteiger partial charge in [0.15, 0.2) is 5.44 Å². The molecule has 0 atom stereocenters. The molecule has 0 aliphatic heterocycles. The van der Waals surface area contributed by atoms with Gasteiger partial charge in [0, 0.05) is 14.2 Å². The van der Waals surface area contributed by atoms with Crippen LogP contribution in [0.25, 0.3) is 0 Å². The van der Waals surface area contributed by atoms with Crippen LogP contribution < -0.4 is 4.72 Å². The van der Waals surface area contributed by atoms with Gasteiger partial charge >= 0.3 is 7.60 Å². The molecule has 0 saturated heterocycles.